The van der Waals surface area contributed by atoms with Gasteiger partial charge in [-0.2, -0.15) is 4.68 Å². The first-order valence-electron chi connectivity index (χ1n) is 6.56. The van der Waals surface area contributed by atoms with Crippen molar-refractivity contribution in [2.24, 2.45) is 5.92 Å². The van der Waals surface area contributed by atoms with Gasteiger partial charge in [0.25, 0.3) is 5.89 Å². The first-order valence-corrected chi connectivity index (χ1v) is 7.44. The third kappa shape index (κ3) is 2.79. The molecule has 102 valence electrons. The summed E-state index contributed by atoms with van der Waals surface area (Å²) in [6, 6.07) is 3.83. The molecule has 3 heterocycles. The second-order valence-electron chi connectivity index (χ2n) is 5.09. The van der Waals surface area contributed by atoms with Crippen LogP contribution in [0.15, 0.2) is 26.7 Å². The third-order valence-electron chi connectivity index (χ3n) is 3.55. The minimum atomic E-state index is -0.373. The molecule has 0 N–H and O–H groups in total. The van der Waals surface area contributed by atoms with Gasteiger partial charge in [-0.15, -0.1) is 16.4 Å². The van der Waals surface area contributed by atoms with Crippen LogP contribution in [0.2, 0.25) is 0 Å². The van der Waals surface area contributed by atoms with Crippen molar-refractivity contribution in [3.8, 4) is 10.8 Å². The number of hydrogen-bond acceptors (Lipinski definition) is 5. The maximum absolute atomic E-state index is 11.8. The summed E-state index contributed by atoms with van der Waals surface area (Å²) in [6.07, 6.45) is 2.37. The van der Waals surface area contributed by atoms with Gasteiger partial charge in [-0.1, -0.05) is 13.0 Å². The summed E-state index contributed by atoms with van der Waals surface area (Å²) in [4.78, 5) is 14.9. The molecule has 19 heavy (non-hydrogen) atoms. The molecule has 3 rings (SSSR count). The highest BCUT2D eigenvalue weighted by molar-refractivity contribution is 7.13. The van der Waals surface area contributed by atoms with E-state index in [1.807, 2.05) is 17.5 Å². The summed E-state index contributed by atoms with van der Waals surface area (Å²) in [5.41, 5.74) is 0. The summed E-state index contributed by atoms with van der Waals surface area (Å²) in [7, 11) is 0. The van der Waals surface area contributed by atoms with Crippen LogP contribution in [0, 0.1) is 5.92 Å². The SMILES string of the molecule is CC1CCN(Cn2nc(-c3cccs3)oc2=O)CC1. The van der Waals surface area contributed by atoms with Crippen LogP contribution in [-0.4, -0.2) is 27.8 Å². The van der Waals surface area contributed by atoms with Crippen LogP contribution in [0.5, 0.6) is 0 Å². The molecular weight excluding hydrogens is 262 g/mol. The van der Waals surface area contributed by atoms with E-state index in [9.17, 15) is 4.79 Å². The molecule has 0 aliphatic carbocycles. The number of nitrogens with zero attached hydrogens (tertiary/aromatic N) is 3. The van der Waals surface area contributed by atoms with Gasteiger partial charge in [0.15, 0.2) is 0 Å². The number of rotatable bonds is 3. The minimum Gasteiger partial charge on any atom is -0.387 e. The van der Waals surface area contributed by atoms with Gasteiger partial charge in [-0.25, -0.2) is 4.79 Å². The summed E-state index contributed by atoms with van der Waals surface area (Å²) in [6.45, 7) is 4.85. The molecule has 0 aromatic carbocycles. The Morgan fingerprint density at radius 3 is 2.95 bits per heavy atom. The first-order chi connectivity index (χ1) is 9.22. The van der Waals surface area contributed by atoms with E-state index in [0.717, 1.165) is 23.9 Å². The van der Waals surface area contributed by atoms with E-state index in [-0.39, 0.29) is 5.76 Å². The Kier molecular flexibility index (Phi) is 3.52. The molecular formula is C13H17N3O2S. The summed E-state index contributed by atoms with van der Waals surface area (Å²) >= 11 is 1.52. The van der Waals surface area contributed by atoms with Gasteiger partial charge in [0.05, 0.1) is 4.88 Å². The number of aromatic nitrogens is 2. The lowest BCUT2D eigenvalue weighted by atomic mass is 10.00. The lowest BCUT2D eigenvalue weighted by molar-refractivity contribution is 0.143. The van der Waals surface area contributed by atoms with Gasteiger partial charge < -0.3 is 4.42 Å². The van der Waals surface area contributed by atoms with Crippen molar-refractivity contribution >= 4 is 11.3 Å². The highest BCUT2D eigenvalue weighted by Gasteiger charge is 2.18. The highest BCUT2D eigenvalue weighted by atomic mass is 32.1. The summed E-state index contributed by atoms with van der Waals surface area (Å²) < 4.78 is 6.62. The zero-order valence-electron chi connectivity index (χ0n) is 10.9. The maximum atomic E-state index is 11.8. The Hall–Kier alpha value is -1.40. The molecule has 0 atom stereocenters. The molecule has 5 nitrogen and oxygen atoms in total. The standard InChI is InChI=1S/C13H17N3O2S/c1-10-4-6-15(7-5-10)9-16-13(17)18-12(14-16)11-3-2-8-19-11/h2-3,8,10H,4-7,9H2,1H3. The molecule has 1 aliphatic heterocycles. The van der Waals surface area contributed by atoms with Gasteiger partial charge in [0.1, 0.15) is 6.67 Å². The molecule has 0 unspecified atom stereocenters. The number of likely N-dealkylation sites (tertiary alicyclic amines) is 1. The second kappa shape index (κ2) is 5.30. The zero-order valence-corrected chi connectivity index (χ0v) is 11.7. The molecule has 0 amide bonds. The monoisotopic (exact) mass is 279 g/mol. The second-order valence-corrected chi connectivity index (χ2v) is 6.04. The van der Waals surface area contributed by atoms with Crippen LogP contribution in [-0.2, 0) is 6.67 Å². The number of piperidine rings is 1. The third-order valence-corrected chi connectivity index (χ3v) is 4.41. The topological polar surface area (TPSA) is 51.3 Å². The average molecular weight is 279 g/mol. The van der Waals surface area contributed by atoms with Crippen LogP contribution < -0.4 is 5.76 Å². The van der Waals surface area contributed by atoms with Crippen molar-refractivity contribution in [3.05, 3.63) is 28.1 Å². The predicted octanol–water partition coefficient (Wildman–Crippen LogP) is 2.25. The molecule has 1 saturated heterocycles. The average Bonchev–Trinajstić information content (AvgIpc) is 3.03. The zero-order chi connectivity index (χ0) is 13.2. The Morgan fingerprint density at radius 2 is 2.26 bits per heavy atom. The van der Waals surface area contributed by atoms with Crippen molar-refractivity contribution in [1.29, 1.82) is 0 Å². The lowest BCUT2D eigenvalue weighted by Crippen LogP contribution is -2.37. The van der Waals surface area contributed by atoms with Gasteiger partial charge in [-0.05, 0) is 30.2 Å². The van der Waals surface area contributed by atoms with Crippen LogP contribution in [0.25, 0.3) is 10.8 Å². The molecule has 1 fully saturated rings. The van der Waals surface area contributed by atoms with Crippen molar-refractivity contribution < 1.29 is 4.42 Å². The normalized spacial score (nSPS) is 17.9. The van der Waals surface area contributed by atoms with Crippen molar-refractivity contribution in [1.82, 2.24) is 14.7 Å². The van der Waals surface area contributed by atoms with Crippen molar-refractivity contribution in [2.75, 3.05) is 13.1 Å². The van der Waals surface area contributed by atoms with Gasteiger partial charge in [0.2, 0.25) is 0 Å². The van der Waals surface area contributed by atoms with E-state index in [0.29, 0.717) is 12.6 Å². The largest absolute Gasteiger partial charge is 0.438 e. The van der Waals surface area contributed by atoms with Crippen molar-refractivity contribution in [3.63, 3.8) is 0 Å². The van der Waals surface area contributed by atoms with E-state index >= 15 is 0 Å². The van der Waals surface area contributed by atoms with E-state index in [1.54, 1.807) is 0 Å². The highest BCUT2D eigenvalue weighted by Crippen LogP contribution is 2.21. The van der Waals surface area contributed by atoms with E-state index < -0.39 is 0 Å². The van der Waals surface area contributed by atoms with Crippen LogP contribution in [0.1, 0.15) is 19.8 Å². The summed E-state index contributed by atoms with van der Waals surface area (Å²) in [5.74, 6) is 0.833. The quantitative estimate of drug-likeness (QED) is 0.864. The van der Waals surface area contributed by atoms with Crippen molar-refractivity contribution in [2.45, 2.75) is 26.4 Å². The van der Waals surface area contributed by atoms with Gasteiger partial charge in [-0.3, -0.25) is 4.90 Å². The number of thiophene rings is 1. The van der Waals surface area contributed by atoms with Crippen LogP contribution in [0.3, 0.4) is 0 Å². The molecule has 0 spiro atoms. The Morgan fingerprint density at radius 1 is 1.47 bits per heavy atom. The van der Waals surface area contributed by atoms with Gasteiger partial charge in [0, 0.05) is 13.1 Å². The molecule has 0 bridgehead atoms. The first kappa shape index (κ1) is 12.6. The summed E-state index contributed by atoms with van der Waals surface area (Å²) in [5, 5.41) is 6.22. The fourth-order valence-corrected chi connectivity index (χ4v) is 2.93. The molecule has 0 radical (unpaired) electrons. The van der Waals surface area contributed by atoms with Crippen LogP contribution in [0.4, 0.5) is 0 Å². The molecule has 2 aromatic heterocycles. The predicted molar refractivity (Wildman–Crippen MR) is 74.0 cm³/mol. The fourth-order valence-electron chi connectivity index (χ4n) is 2.29. The fraction of sp³-hybridized carbons (Fsp3) is 0.538. The Balaban J connectivity index is 1.73. The molecule has 0 saturated carbocycles. The van der Waals surface area contributed by atoms with E-state index in [4.69, 9.17) is 4.42 Å². The molecule has 2 aromatic rings. The Bertz CT molecular complexity index is 579. The van der Waals surface area contributed by atoms with Crippen LogP contribution >= 0.6 is 11.3 Å². The van der Waals surface area contributed by atoms with E-state index in [1.165, 1.54) is 28.9 Å². The molecule has 6 heteroatoms. The number of hydrogen-bond donors (Lipinski definition) is 0. The van der Waals surface area contributed by atoms with E-state index in [2.05, 4.69) is 16.9 Å². The van der Waals surface area contributed by atoms with Gasteiger partial charge >= 0.3 is 5.76 Å². The molecule has 1 aliphatic rings. The maximum Gasteiger partial charge on any atom is 0.438 e. The lowest BCUT2D eigenvalue weighted by Gasteiger charge is -2.29. The Labute approximate surface area is 115 Å². The minimum absolute atomic E-state index is 0.373. The smallest absolute Gasteiger partial charge is 0.387 e.